The highest BCUT2D eigenvalue weighted by molar-refractivity contribution is 7.00. The second kappa shape index (κ2) is 16.0. The molecule has 0 aliphatic carbocycles. The zero-order valence-corrected chi connectivity index (χ0v) is 32.8. The van der Waals surface area contributed by atoms with Crippen LogP contribution in [0.5, 0.6) is 0 Å². The Hall–Kier alpha value is -3.82. The maximum atomic E-state index is 13.0. The van der Waals surface area contributed by atoms with Crippen molar-refractivity contribution < 1.29 is 18.4 Å². The molecule has 0 amide bonds. The molecule has 0 saturated carbocycles. The van der Waals surface area contributed by atoms with Gasteiger partial charge in [-0.05, 0) is 63.1 Å². The zero-order valence-electron chi connectivity index (χ0n) is 30.8. The molecule has 0 aromatic heterocycles. The standard InChI is InChI=1S/C44H54O4Si2/c1-35-21-20-22-36(47-49(43(2,3)4,38-23-12-8-13-24-38)39-25-14-9-15-26-39)31-32-37(33-34-42(45)46-35)48-50(44(5,6)7,40-27-16-10-17-28-40)41-29-18-11-19-30-41/h8-19,23-37H,20-22H2,1-7H3/b32-31-,34-33+/t35-,36+,37-/m0/s1. The highest BCUT2D eigenvalue weighted by Crippen LogP contribution is 2.40. The third-order valence-corrected chi connectivity index (χ3v) is 19.9. The number of hydrogen-bond donors (Lipinski definition) is 0. The molecule has 4 aromatic rings. The van der Waals surface area contributed by atoms with Gasteiger partial charge in [-0.25, -0.2) is 4.79 Å². The van der Waals surface area contributed by atoms with Gasteiger partial charge in [0, 0.05) is 6.08 Å². The predicted molar refractivity (Wildman–Crippen MR) is 213 cm³/mol. The number of carbonyl (C=O) groups is 1. The first-order chi connectivity index (χ1) is 23.9. The van der Waals surface area contributed by atoms with Crippen molar-refractivity contribution >= 4 is 43.4 Å². The lowest BCUT2D eigenvalue weighted by Gasteiger charge is -2.45. The number of hydrogen-bond acceptors (Lipinski definition) is 4. The Labute approximate surface area is 302 Å². The lowest BCUT2D eigenvalue weighted by Crippen LogP contribution is -2.67. The van der Waals surface area contributed by atoms with Crippen LogP contribution >= 0.6 is 0 Å². The summed E-state index contributed by atoms with van der Waals surface area (Å²) in [6.07, 6.45) is 9.24. The first-order valence-corrected chi connectivity index (χ1v) is 21.8. The molecule has 4 nitrogen and oxygen atoms in total. The van der Waals surface area contributed by atoms with E-state index in [4.69, 9.17) is 13.6 Å². The average molecular weight is 703 g/mol. The molecule has 1 heterocycles. The largest absolute Gasteiger partial charge is 0.460 e. The lowest BCUT2D eigenvalue weighted by atomic mass is 10.1. The van der Waals surface area contributed by atoms with Crippen molar-refractivity contribution in [2.45, 2.75) is 96.1 Å². The molecule has 4 aromatic carbocycles. The third-order valence-electron chi connectivity index (χ3n) is 9.83. The molecular formula is C44H54O4Si2. The minimum Gasteiger partial charge on any atom is -0.460 e. The normalized spacial score (nSPS) is 20.9. The Morgan fingerprint density at radius 3 is 1.36 bits per heavy atom. The van der Waals surface area contributed by atoms with Crippen LogP contribution < -0.4 is 20.7 Å². The van der Waals surface area contributed by atoms with Gasteiger partial charge in [0.2, 0.25) is 0 Å². The minimum atomic E-state index is -2.95. The SMILES string of the molecule is C[C@H]1CCC[C@@H](O[Si](c2ccccc2)(c2ccccc2)C(C)(C)C)/C=C\[C@H](O[Si](c2ccccc2)(c2ccccc2)C(C)(C)C)/C=C/C(=O)O1. The fraction of sp³-hybridized carbons (Fsp3) is 0.341. The van der Waals surface area contributed by atoms with Gasteiger partial charge in [-0.3, -0.25) is 0 Å². The van der Waals surface area contributed by atoms with E-state index >= 15 is 0 Å². The van der Waals surface area contributed by atoms with E-state index in [1.807, 2.05) is 13.0 Å². The van der Waals surface area contributed by atoms with Crippen LogP contribution in [-0.4, -0.2) is 40.9 Å². The number of cyclic esters (lactones) is 1. The van der Waals surface area contributed by atoms with Gasteiger partial charge in [0.15, 0.2) is 0 Å². The molecule has 0 unspecified atom stereocenters. The van der Waals surface area contributed by atoms with Crippen LogP contribution in [0.3, 0.4) is 0 Å². The van der Waals surface area contributed by atoms with Crippen molar-refractivity contribution in [2.24, 2.45) is 0 Å². The van der Waals surface area contributed by atoms with E-state index < -0.39 is 22.7 Å². The molecule has 0 N–H and O–H groups in total. The van der Waals surface area contributed by atoms with E-state index in [9.17, 15) is 4.79 Å². The Morgan fingerprint density at radius 2 is 0.960 bits per heavy atom. The van der Waals surface area contributed by atoms with E-state index in [2.05, 4.69) is 175 Å². The van der Waals surface area contributed by atoms with Gasteiger partial charge in [0.05, 0.1) is 18.3 Å². The van der Waals surface area contributed by atoms with Gasteiger partial charge in [0.25, 0.3) is 16.6 Å². The highest BCUT2D eigenvalue weighted by Gasteiger charge is 2.52. The Balaban J connectivity index is 1.65. The quantitative estimate of drug-likeness (QED) is 0.106. The molecule has 1 aliphatic rings. The third kappa shape index (κ3) is 8.21. The summed E-state index contributed by atoms with van der Waals surface area (Å²) < 4.78 is 21.0. The predicted octanol–water partition coefficient (Wildman–Crippen LogP) is 8.10. The molecule has 1 aliphatic heterocycles. The van der Waals surface area contributed by atoms with Crippen LogP contribution in [0.1, 0.15) is 67.7 Å². The Kier molecular flexibility index (Phi) is 12.0. The van der Waals surface area contributed by atoms with E-state index in [0.29, 0.717) is 0 Å². The zero-order chi connectivity index (χ0) is 35.8. The van der Waals surface area contributed by atoms with Crippen LogP contribution in [0.25, 0.3) is 0 Å². The summed E-state index contributed by atoms with van der Waals surface area (Å²) >= 11 is 0. The Bertz CT molecular complexity index is 1630. The van der Waals surface area contributed by atoms with Crippen LogP contribution in [0, 0.1) is 0 Å². The molecule has 5 rings (SSSR count). The molecule has 0 radical (unpaired) electrons. The maximum absolute atomic E-state index is 13.0. The second-order valence-electron chi connectivity index (χ2n) is 15.5. The van der Waals surface area contributed by atoms with E-state index in [1.165, 1.54) is 20.7 Å². The summed E-state index contributed by atoms with van der Waals surface area (Å²) in [6, 6.07) is 42.9. The van der Waals surface area contributed by atoms with Gasteiger partial charge < -0.3 is 13.6 Å². The maximum Gasteiger partial charge on any atom is 0.330 e. The fourth-order valence-electron chi connectivity index (χ4n) is 7.46. The topological polar surface area (TPSA) is 44.8 Å². The molecule has 6 heteroatoms. The number of esters is 1. The fourth-order valence-corrected chi connectivity index (χ4v) is 16.7. The monoisotopic (exact) mass is 702 g/mol. The molecule has 0 spiro atoms. The molecular weight excluding hydrogens is 649 g/mol. The number of rotatable bonds is 8. The van der Waals surface area contributed by atoms with Gasteiger partial charge in [-0.2, -0.15) is 0 Å². The highest BCUT2D eigenvalue weighted by atomic mass is 28.4. The van der Waals surface area contributed by atoms with Crippen molar-refractivity contribution in [3.8, 4) is 0 Å². The average Bonchev–Trinajstić information content (AvgIpc) is 3.10. The van der Waals surface area contributed by atoms with Gasteiger partial charge in [-0.1, -0.05) is 175 Å². The van der Waals surface area contributed by atoms with Gasteiger partial charge >= 0.3 is 5.97 Å². The number of ether oxygens (including phenoxy) is 1. The van der Waals surface area contributed by atoms with Crippen LogP contribution in [0.4, 0.5) is 0 Å². The summed E-state index contributed by atoms with van der Waals surface area (Å²) in [5.74, 6) is -0.345. The summed E-state index contributed by atoms with van der Waals surface area (Å²) in [4.78, 5) is 13.0. The second-order valence-corrected chi connectivity index (χ2v) is 24.0. The molecule has 3 atom stereocenters. The molecule has 50 heavy (non-hydrogen) atoms. The van der Waals surface area contributed by atoms with Crippen molar-refractivity contribution in [1.82, 2.24) is 0 Å². The van der Waals surface area contributed by atoms with Crippen molar-refractivity contribution in [3.63, 3.8) is 0 Å². The van der Waals surface area contributed by atoms with Crippen LogP contribution in [-0.2, 0) is 18.4 Å². The smallest absolute Gasteiger partial charge is 0.330 e. The van der Waals surface area contributed by atoms with Gasteiger partial charge in [0.1, 0.15) is 0 Å². The lowest BCUT2D eigenvalue weighted by molar-refractivity contribution is -0.142. The Morgan fingerprint density at radius 1 is 0.560 bits per heavy atom. The van der Waals surface area contributed by atoms with Crippen molar-refractivity contribution in [1.29, 1.82) is 0 Å². The van der Waals surface area contributed by atoms with Gasteiger partial charge in [-0.15, -0.1) is 0 Å². The molecule has 0 bridgehead atoms. The van der Waals surface area contributed by atoms with Crippen LogP contribution in [0.15, 0.2) is 146 Å². The van der Waals surface area contributed by atoms with Crippen LogP contribution in [0.2, 0.25) is 10.1 Å². The summed E-state index contributed by atoms with van der Waals surface area (Å²) in [5, 5.41) is 4.47. The van der Waals surface area contributed by atoms with E-state index in [-0.39, 0.29) is 28.3 Å². The molecule has 0 saturated heterocycles. The summed E-state index contributed by atoms with van der Waals surface area (Å²) in [7, 11) is -5.80. The molecule has 262 valence electrons. The minimum absolute atomic E-state index is 0.166. The summed E-state index contributed by atoms with van der Waals surface area (Å²) in [6.45, 7) is 15.7. The molecule has 0 fully saturated rings. The van der Waals surface area contributed by atoms with E-state index in [1.54, 1.807) is 6.08 Å². The summed E-state index contributed by atoms with van der Waals surface area (Å²) in [5.41, 5.74) is 0. The number of carbonyl (C=O) groups excluding carboxylic acids is 1. The first kappa shape index (κ1) is 37.4. The van der Waals surface area contributed by atoms with Crippen molar-refractivity contribution in [3.05, 3.63) is 146 Å². The number of benzene rings is 4. The first-order valence-electron chi connectivity index (χ1n) is 18.0. The van der Waals surface area contributed by atoms with E-state index in [0.717, 1.165) is 19.3 Å². The van der Waals surface area contributed by atoms with Crippen molar-refractivity contribution in [2.75, 3.05) is 0 Å².